The Morgan fingerprint density at radius 1 is 0.905 bits per heavy atom. The van der Waals surface area contributed by atoms with E-state index in [1.807, 2.05) is 95.7 Å². The van der Waals surface area contributed by atoms with Gasteiger partial charge < -0.3 is 23.9 Å². The SMILES string of the molecule is CC(C)c1c(C(=O)Nc2ccccc2)c(-c2ccccc2)c(-c2ccc(F)cc2)n1CC[C@@H](O)C[C@@H](O)CC(=O)[O][Al]. The zero-order valence-electron chi connectivity index (χ0n) is 23.7. The molecule has 0 bridgehead atoms. The largest absolute Gasteiger partial charge is 0.628 e. The van der Waals surface area contributed by atoms with E-state index < -0.39 is 18.2 Å². The topological polar surface area (TPSA) is 101 Å². The molecule has 0 aliphatic heterocycles. The third-order valence-corrected chi connectivity index (χ3v) is 7.32. The summed E-state index contributed by atoms with van der Waals surface area (Å²) in [6.45, 7) is 4.31. The molecule has 2 radical (unpaired) electrons. The molecule has 1 heterocycles. The maximum absolute atomic E-state index is 14.1. The minimum absolute atomic E-state index is 0.0170. The van der Waals surface area contributed by atoms with Crippen LogP contribution in [0.25, 0.3) is 22.4 Å². The van der Waals surface area contributed by atoms with Gasteiger partial charge in [0.25, 0.3) is 11.9 Å². The van der Waals surface area contributed by atoms with Gasteiger partial charge >= 0.3 is 16.6 Å². The van der Waals surface area contributed by atoms with Crippen LogP contribution in [0, 0.1) is 5.82 Å². The quantitative estimate of drug-likeness (QED) is 0.181. The van der Waals surface area contributed by atoms with Crippen LogP contribution in [-0.2, 0) is 15.1 Å². The Kier molecular flexibility index (Phi) is 10.7. The van der Waals surface area contributed by atoms with Gasteiger partial charge in [-0.1, -0.05) is 62.4 Å². The summed E-state index contributed by atoms with van der Waals surface area (Å²) >= 11 is 1.85. The molecule has 3 aromatic carbocycles. The number of aromatic nitrogens is 1. The van der Waals surface area contributed by atoms with Crippen molar-refractivity contribution in [3.63, 3.8) is 0 Å². The Morgan fingerprint density at radius 3 is 2.12 bits per heavy atom. The van der Waals surface area contributed by atoms with Crippen LogP contribution in [0.5, 0.6) is 0 Å². The number of rotatable bonds is 12. The fourth-order valence-corrected chi connectivity index (χ4v) is 5.34. The number of anilines is 1. The van der Waals surface area contributed by atoms with Crippen molar-refractivity contribution in [2.24, 2.45) is 0 Å². The first-order valence-electron chi connectivity index (χ1n) is 13.9. The predicted molar refractivity (Wildman–Crippen MR) is 161 cm³/mol. The van der Waals surface area contributed by atoms with Gasteiger partial charge in [0.2, 0.25) is 0 Å². The summed E-state index contributed by atoms with van der Waals surface area (Å²) in [4.78, 5) is 25.6. The Bertz CT molecular complexity index is 1490. The van der Waals surface area contributed by atoms with Crippen molar-refractivity contribution in [3.8, 4) is 22.4 Å². The maximum Gasteiger partial charge on any atom is 0.484 e. The smallest absolute Gasteiger partial charge is 0.484 e. The maximum atomic E-state index is 14.1. The Morgan fingerprint density at radius 2 is 1.52 bits per heavy atom. The molecular formula is C33H34AlFN2O5. The molecule has 9 heteroatoms. The molecule has 216 valence electrons. The van der Waals surface area contributed by atoms with Gasteiger partial charge in [-0.05, 0) is 66.3 Å². The van der Waals surface area contributed by atoms with Crippen molar-refractivity contribution in [1.82, 2.24) is 4.57 Å². The average Bonchev–Trinajstić information content (AvgIpc) is 3.33. The summed E-state index contributed by atoms with van der Waals surface area (Å²) < 4.78 is 20.6. The number of benzene rings is 3. The van der Waals surface area contributed by atoms with E-state index in [2.05, 4.69) is 9.11 Å². The molecule has 1 amide bonds. The predicted octanol–water partition coefficient (Wildman–Crippen LogP) is 5.86. The van der Waals surface area contributed by atoms with E-state index in [1.165, 1.54) is 12.1 Å². The number of hydrogen-bond donors (Lipinski definition) is 3. The van der Waals surface area contributed by atoms with E-state index in [9.17, 15) is 24.2 Å². The van der Waals surface area contributed by atoms with Gasteiger partial charge in [0.1, 0.15) is 5.82 Å². The highest BCUT2D eigenvalue weighted by atomic mass is 27.1. The molecule has 2 atom stereocenters. The lowest BCUT2D eigenvalue weighted by molar-refractivity contribution is -0.136. The van der Waals surface area contributed by atoms with Crippen LogP contribution in [0.1, 0.15) is 55.1 Å². The molecule has 0 aliphatic rings. The Balaban J connectivity index is 1.86. The van der Waals surface area contributed by atoms with Crippen molar-refractivity contribution < 1.29 is 28.0 Å². The van der Waals surface area contributed by atoms with Crippen molar-refractivity contribution >= 4 is 34.2 Å². The summed E-state index contributed by atoms with van der Waals surface area (Å²) in [5, 5.41) is 24.1. The third-order valence-electron chi connectivity index (χ3n) is 7.05. The number of halogens is 1. The molecule has 7 nitrogen and oxygen atoms in total. The zero-order chi connectivity index (χ0) is 30.2. The van der Waals surface area contributed by atoms with Gasteiger partial charge in [-0.3, -0.25) is 9.59 Å². The lowest BCUT2D eigenvalue weighted by atomic mass is 9.94. The van der Waals surface area contributed by atoms with Gasteiger partial charge in [0.05, 0.1) is 29.9 Å². The molecule has 3 N–H and O–H groups in total. The van der Waals surface area contributed by atoms with Gasteiger partial charge in [0.15, 0.2) is 0 Å². The van der Waals surface area contributed by atoms with E-state index in [-0.39, 0.29) is 36.9 Å². The average molecular weight is 585 g/mol. The Labute approximate surface area is 253 Å². The molecule has 4 rings (SSSR count). The number of carbonyl (C=O) groups is 2. The molecule has 0 unspecified atom stereocenters. The first kappa shape index (κ1) is 31.2. The van der Waals surface area contributed by atoms with Crippen LogP contribution in [0.3, 0.4) is 0 Å². The molecule has 0 aliphatic carbocycles. The molecule has 0 fully saturated rings. The molecule has 0 spiro atoms. The molecule has 1 aromatic heterocycles. The highest BCUT2D eigenvalue weighted by Crippen LogP contribution is 2.42. The van der Waals surface area contributed by atoms with Crippen molar-refractivity contribution in [3.05, 3.63) is 102 Å². The number of aliphatic hydroxyl groups is 2. The molecule has 4 aromatic rings. The summed E-state index contributed by atoms with van der Waals surface area (Å²) in [6.07, 6.45) is -2.00. The van der Waals surface area contributed by atoms with Crippen LogP contribution in [0.2, 0.25) is 0 Å². The minimum atomic E-state index is -1.06. The lowest BCUT2D eigenvalue weighted by Gasteiger charge is -2.20. The monoisotopic (exact) mass is 584 g/mol. The van der Waals surface area contributed by atoms with Crippen LogP contribution in [0.15, 0.2) is 84.9 Å². The van der Waals surface area contributed by atoms with Crippen molar-refractivity contribution in [2.45, 2.75) is 57.8 Å². The zero-order valence-corrected chi connectivity index (χ0v) is 24.8. The van der Waals surface area contributed by atoms with E-state index in [0.29, 0.717) is 28.9 Å². The van der Waals surface area contributed by atoms with Crippen LogP contribution >= 0.6 is 0 Å². The molecular weight excluding hydrogens is 550 g/mol. The third kappa shape index (κ3) is 7.55. The molecule has 0 saturated heterocycles. The second kappa shape index (κ2) is 14.4. The second-order valence-corrected chi connectivity index (χ2v) is 10.7. The highest BCUT2D eigenvalue weighted by molar-refractivity contribution is 6.12. The summed E-state index contributed by atoms with van der Waals surface area (Å²) in [5.41, 5.74) is 4.88. The number of hydrogen-bond acceptors (Lipinski definition) is 5. The number of carbonyl (C=O) groups excluding carboxylic acids is 2. The summed E-state index contributed by atoms with van der Waals surface area (Å²) in [6, 6.07) is 24.9. The Hall–Kier alpha value is -3.74. The van der Waals surface area contributed by atoms with E-state index in [4.69, 9.17) is 0 Å². The summed E-state index contributed by atoms with van der Waals surface area (Å²) in [5.74, 6) is -1.35. The fraction of sp³-hybridized carbons (Fsp3) is 0.273. The molecule has 42 heavy (non-hydrogen) atoms. The number of nitrogens with one attached hydrogen (secondary N) is 1. The van der Waals surface area contributed by atoms with E-state index in [0.717, 1.165) is 17.0 Å². The van der Waals surface area contributed by atoms with Gasteiger partial charge in [-0.2, -0.15) is 0 Å². The van der Waals surface area contributed by atoms with Crippen LogP contribution in [-0.4, -0.2) is 55.5 Å². The number of nitrogens with zero attached hydrogens (tertiary/aromatic N) is 1. The lowest BCUT2D eigenvalue weighted by Crippen LogP contribution is -2.23. The number of amides is 1. The fourth-order valence-electron chi connectivity index (χ4n) is 5.24. The van der Waals surface area contributed by atoms with Crippen LogP contribution in [0.4, 0.5) is 10.1 Å². The standard InChI is InChI=1S/C33H35FN2O5.Al/c1-21(2)31-30(33(41)35-25-11-7-4-8-12-25)29(22-9-5-3-6-10-22)32(23-13-15-24(34)16-14-23)36(31)18-17-26(37)19-27(38)20-28(39)40;/h3-16,21,26-27,37-38H,17-20H2,1-2H3,(H,35,41)(H,39,40);/q;+1/p-1/t26-,27-;/m1./s1. The normalized spacial score (nSPS) is 12.6. The van der Waals surface area contributed by atoms with E-state index in [1.54, 1.807) is 12.1 Å². The number of para-hydroxylation sites is 1. The highest BCUT2D eigenvalue weighted by Gasteiger charge is 2.31. The first-order valence-corrected chi connectivity index (χ1v) is 14.4. The number of aliphatic hydroxyl groups excluding tert-OH is 2. The van der Waals surface area contributed by atoms with Crippen molar-refractivity contribution in [1.29, 1.82) is 0 Å². The minimum Gasteiger partial charge on any atom is -0.628 e. The van der Waals surface area contributed by atoms with Gasteiger partial charge in [0, 0.05) is 23.5 Å². The van der Waals surface area contributed by atoms with E-state index >= 15 is 0 Å². The first-order chi connectivity index (χ1) is 20.2. The van der Waals surface area contributed by atoms with Gasteiger partial charge in [-0.15, -0.1) is 0 Å². The molecule has 0 saturated carbocycles. The van der Waals surface area contributed by atoms with Gasteiger partial charge in [-0.25, -0.2) is 4.39 Å². The van der Waals surface area contributed by atoms with Crippen molar-refractivity contribution in [2.75, 3.05) is 5.32 Å². The summed E-state index contributed by atoms with van der Waals surface area (Å²) in [7, 11) is 0. The second-order valence-electron chi connectivity index (χ2n) is 10.5. The van der Waals surface area contributed by atoms with Crippen LogP contribution < -0.4 is 5.32 Å².